The van der Waals surface area contributed by atoms with E-state index < -0.39 is 10.0 Å². The van der Waals surface area contributed by atoms with E-state index in [2.05, 4.69) is 19.5 Å². The van der Waals surface area contributed by atoms with Gasteiger partial charge in [-0.1, -0.05) is 30.3 Å². The number of hydrogen-bond donors (Lipinski definition) is 1. The van der Waals surface area contributed by atoms with Gasteiger partial charge in [-0.05, 0) is 31.2 Å². The highest BCUT2D eigenvalue weighted by molar-refractivity contribution is 7.88. The molecule has 1 unspecified atom stereocenters. The third kappa shape index (κ3) is 4.56. The van der Waals surface area contributed by atoms with Gasteiger partial charge in [0.25, 0.3) is 0 Å². The SMILES string of the molecule is O=S(=O)(Cc1ccccc1)NC1CCc2nnc(C3CCOCC3)n2CC1. The Kier molecular flexibility index (Phi) is 5.56. The minimum Gasteiger partial charge on any atom is -0.381 e. The summed E-state index contributed by atoms with van der Waals surface area (Å²) in [6.07, 6.45) is 4.21. The van der Waals surface area contributed by atoms with Crippen molar-refractivity contribution in [3.8, 4) is 0 Å². The molecule has 0 amide bonds. The fourth-order valence-corrected chi connectivity index (χ4v) is 5.43. The van der Waals surface area contributed by atoms with Crippen molar-refractivity contribution in [3.63, 3.8) is 0 Å². The first-order chi connectivity index (χ1) is 13.1. The van der Waals surface area contributed by atoms with Crippen LogP contribution in [0.3, 0.4) is 0 Å². The van der Waals surface area contributed by atoms with E-state index in [1.54, 1.807) is 0 Å². The maximum Gasteiger partial charge on any atom is 0.216 e. The number of benzene rings is 1. The smallest absolute Gasteiger partial charge is 0.216 e. The molecule has 0 aliphatic carbocycles. The van der Waals surface area contributed by atoms with Gasteiger partial charge in [-0.25, -0.2) is 13.1 Å². The average Bonchev–Trinajstić information content (AvgIpc) is 2.98. The highest BCUT2D eigenvalue weighted by atomic mass is 32.2. The number of rotatable bonds is 5. The molecule has 8 heteroatoms. The standard InChI is InChI=1S/C19H26N4O3S/c24-27(25,14-15-4-2-1-3-5-15)22-17-6-7-18-20-21-19(23(18)11-8-17)16-9-12-26-13-10-16/h1-5,16-17,22H,6-14H2. The summed E-state index contributed by atoms with van der Waals surface area (Å²) in [5.74, 6) is 2.43. The number of fused-ring (bicyclic) bond motifs is 1. The zero-order valence-electron chi connectivity index (χ0n) is 15.4. The van der Waals surface area contributed by atoms with Crippen LogP contribution in [-0.4, -0.2) is 42.4 Å². The van der Waals surface area contributed by atoms with E-state index in [1.165, 1.54) is 0 Å². The van der Waals surface area contributed by atoms with Gasteiger partial charge < -0.3 is 9.30 Å². The average molecular weight is 391 g/mol. The fraction of sp³-hybridized carbons (Fsp3) is 0.579. The molecule has 27 heavy (non-hydrogen) atoms. The molecule has 2 aromatic rings. The van der Waals surface area contributed by atoms with E-state index in [9.17, 15) is 8.42 Å². The van der Waals surface area contributed by atoms with E-state index >= 15 is 0 Å². The minimum absolute atomic E-state index is 0.0176. The Morgan fingerprint density at radius 2 is 1.85 bits per heavy atom. The molecular weight excluding hydrogens is 364 g/mol. The summed E-state index contributed by atoms with van der Waals surface area (Å²) in [7, 11) is -3.36. The Morgan fingerprint density at radius 3 is 2.63 bits per heavy atom. The van der Waals surface area contributed by atoms with Crippen LogP contribution >= 0.6 is 0 Å². The van der Waals surface area contributed by atoms with Crippen LogP contribution in [0.2, 0.25) is 0 Å². The summed E-state index contributed by atoms with van der Waals surface area (Å²) in [6.45, 7) is 2.30. The van der Waals surface area contributed by atoms with Crippen molar-refractivity contribution >= 4 is 10.0 Å². The monoisotopic (exact) mass is 390 g/mol. The molecule has 1 aromatic carbocycles. The molecule has 0 radical (unpaired) electrons. The van der Waals surface area contributed by atoms with Crippen LogP contribution < -0.4 is 4.72 Å². The second-order valence-corrected chi connectivity index (χ2v) is 9.15. The number of sulfonamides is 1. The molecule has 146 valence electrons. The quantitative estimate of drug-likeness (QED) is 0.844. The molecular formula is C19H26N4O3S. The molecule has 2 aliphatic rings. The van der Waals surface area contributed by atoms with Crippen LogP contribution in [0.4, 0.5) is 0 Å². The predicted octanol–water partition coefficient (Wildman–Crippen LogP) is 2.00. The Bertz CT molecular complexity index is 860. The molecule has 4 rings (SSSR count). The van der Waals surface area contributed by atoms with Gasteiger partial charge in [0.2, 0.25) is 10.0 Å². The lowest BCUT2D eigenvalue weighted by Gasteiger charge is -2.22. The van der Waals surface area contributed by atoms with Crippen LogP contribution in [0, 0.1) is 0 Å². The van der Waals surface area contributed by atoms with Crippen molar-refractivity contribution in [2.24, 2.45) is 0 Å². The van der Waals surface area contributed by atoms with Crippen LogP contribution in [0.1, 0.15) is 48.8 Å². The number of ether oxygens (including phenoxy) is 1. The van der Waals surface area contributed by atoms with E-state index in [1.807, 2.05) is 30.3 Å². The zero-order chi connectivity index (χ0) is 18.7. The topological polar surface area (TPSA) is 86.1 Å². The molecule has 1 saturated heterocycles. The number of nitrogens with one attached hydrogen (secondary N) is 1. The van der Waals surface area contributed by atoms with Crippen LogP contribution in [0.25, 0.3) is 0 Å². The van der Waals surface area contributed by atoms with Crippen molar-refractivity contribution in [3.05, 3.63) is 47.5 Å². The summed E-state index contributed by atoms with van der Waals surface area (Å²) in [4.78, 5) is 0. The Hall–Kier alpha value is -1.77. The maximum atomic E-state index is 12.5. The molecule has 3 heterocycles. The molecule has 7 nitrogen and oxygen atoms in total. The molecule has 1 N–H and O–H groups in total. The van der Waals surface area contributed by atoms with Gasteiger partial charge in [0.05, 0.1) is 5.75 Å². The number of aryl methyl sites for hydroxylation is 1. The first kappa shape index (κ1) is 18.6. The third-order valence-corrected chi connectivity index (χ3v) is 6.81. The molecule has 1 aromatic heterocycles. The van der Waals surface area contributed by atoms with Gasteiger partial charge in [0, 0.05) is 38.1 Å². The van der Waals surface area contributed by atoms with Crippen LogP contribution in [0.5, 0.6) is 0 Å². The van der Waals surface area contributed by atoms with Gasteiger partial charge in [-0.2, -0.15) is 0 Å². The van der Waals surface area contributed by atoms with E-state index in [4.69, 9.17) is 4.74 Å². The first-order valence-corrected chi connectivity index (χ1v) is 11.3. The van der Waals surface area contributed by atoms with Crippen molar-refractivity contribution in [2.45, 2.75) is 56.4 Å². The fourth-order valence-electron chi connectivity index (χ4n) is 3.98. The maximum absolute atomic E-state index is 12.5. The van der Waals surface area contributed by atoms with Crippen molar-refractivity contribution in [1.29, 1.82) is 0 Å². The predicted molar refractivity (Wildman–Crippen MR) is 102 cm³/mol. The zero-order valence-corrected chi connectivity index (χ0v) is 16.2. The lowest BCUT2D eigenvalue weighted by molar-refractivity contribution is 0.0827. The first-order valence-electron chi connectivity index (χ1n) is 9.64. The van der Waals surface area contributed by atoms with Gasteiger partial charge in [-0.15, -0.1) is 10.2 Å². The summed E-state index contributed by atoms with van der Waals surface area (Å²) < 4.78 is 35.7. The summed E-state index contributed by atoms with van der Waals surface area (Å²) in [5, 5.41) is 8.82. The van der Waals surface area contributed by atoms with Crippen molar-refractivity contribution in [1.82, 2.24) is 19.5 Å². The lowest BCUT2D eigenvalue weighted by Crippen LogP contribution is -2.36. The number of nitrogens with zero attached hydrogens (tertiary/aromatic N) is 3. The van der Waals surface area contributed by atoms with Crippen molar-refractivity contribution in [2.75, 3.05) is 13.2 Å². The van der Waals surface area contributed by atoms with Crippen LogP contribution in [0.15, 0.2) is 30.3 Å². The summed E-state index contributed by atoms with van der Waals surface area (Å²) in [5.41, 5.74) is 0.803. The van der Waals surface area contributed by atoms with Crippen molar-refractivity contribution < 1.29 is 13.2 Å². The Balaban J connectivity index is 1.40. The number of aromatic nitrogens is 3. The van der Waals surface area contributed by atoms with Crippen LogP contribution in [-0.2, 0) is 33.5 Å². The minimum atomic E-state index is -3.36. The largest absolute Gasteiger partial charge is 0.381 e. The molecule has 0 saturated carbocycles. The highest BCUT2D eigenvalue weighted by Gasteiger charge is 2.27. The Morgan fingerprint density at radius 1 is 1.07 bits per heavy atom. The molecule has 2 aliphatic heterocycles. The van der Waals surface area contributed by atoms with Gasteiger partial charge >= 0.3 is 0 Å². The van der Waals surface area contributed by atoms with Gasteiger partial charge in [-0.3, -0.25) is 0 Å². The van der Waals surface area contributed by atoms with E-state index in [-0.39, 0.29) is 11.8 Å². The van der Waals surface area contributed by atoms with Gasteiger partial charge in [0.15, 0.2) is 0 Å². The second-order valence-electron chi connectivity index (χ2n) is 7.40. The van der Waals surface area contributed by atoms with E-state index in [0.717, 1.165) is 69.1 Å². The third-order valence-electron chi connectivity index (χ3n) is 5.41. The normalized spacial score (nSPS) is 21.6. The molecule has 1 atom stereocenters. The molecule has 0 spiro atoms. The highest BCUT2D eigenvalue weighted by Crippen LogP contribution is 2.28. The molecule has 1 fully saturated rings. The second kappa shape index (κ2) is 8.08. The summed E-state index contributed by atoms with van der Waals surface area (Å²) >= 11 is 0. The molecule has 0 bridgehead atoms. The van der Waals surface area contributed by atoms with E-state index in [0.29, 0.717) is 5.92 Å². The summed E-state index contributed by atoms with van der Waals surface area (Å²) in [6, 6.07) is 9.23. The number of hydrogen-bond acceptors (Lipinski definition) is 5. The lowest BCUT2D eigenvalue weighted by atomic mass is 9.99. The van der Waals surface area contributed by atoms with Gasteiger partial charge in [0.1, 0.15) is 11.6 Å². The Labute approximate surface area is 160 Å².